The van der Waals surface area contributed by atoms with E-state index in [0.29, 0.717) is 18.4 Å². The molecule has 0 amide bonds. The van der Waals surface area contributed by atoms with Gasteiger partial charge < -0.3 is 4.74 Å². The first kappa shape index (κ1) is 18.1. The lowest BCUT2D eigenvalue weighted by molar-refractivity contribution is -0.193. The summed E-state index contributed by atoms with van der Waals surface area (Å²) in [6.07, 6.45) is -4.42. The lowest BCUT2D eigenvalue weighted by Gasteiger charge is -2.24. The third-order valence-corrected chi connectivity index (χ3v) is 3.03. The van der Waals surface area contributed by atoms with Gasteiger partial charge in [-0.25, -0.2) is 0 Å². The maximum absolute atomic E-state index is 13.3. The summed E-state index contributed by atoms with van der Waals surface area (Å²) in [5.74, 6) is 2.05. The molecule has 0 aromatic heterocycles. The Kier molecular flexibility index (Phi) is 6.97. The predicted octanol–water partition coefficient (Wildman–Crippen LogP) is 4.34. The van der Waals surface area contributed by atoms with Gasteiger partial charge in [-0.15, -0.1) is 0 Å². The van der Waals surface area contributed by atoms with E-state index in [9.17, 15) is 18.0 Å². The summed E-state index contributed by atoms with van der Waals surface area (Å²) in [6, 6.07) is 8.43. The molecule has 0 heterocycles. The van der Waals surface area contributed by atoms with Gasteiger partial charge in [0.15, 0.2) is 5.92 Å². The van der Waals surface area contributed by atoms with E-state index in [1.165, 1.54) is 0 Å². The molecular formula is C17H19F3O2. The first-order valence-corrected chi connectivity index (χ1v) is 7.15. The van der Waals surface area contributed by atoms with E-state index in [-0.39, 0.29) is 6.42 Å². The van der Waals surface area contributed by atoms with Crippen LogP contribution in [0.2, 0.25) is 0 Å². The smallest absolute Gasteiger partial charge is 0.406 e. The van der Waals surface area contributed by atoms with Gasteiger partial charge in [-0.2, -0.15) is 13.2 Å². The van der Waals surface area contributed by atoms with Crippen LogP contribution in [0, 0.1) is 17.8 Å². The molecule has 1 aromatic rings. The molecule has 0 spiro atoms. The van der Waals surface area contributed by atoms with Crippen molar-refractivity contribution >= 4 is 5.97 Å². The first-order valence-electron chi connectivity index (χ1n) is 7.15. The lowest BCUT2D eigenvalue weighted by atomic mass is 9.97. The SMILES string of the molecule is CCCC[C@H](OC(C)=O)[C@@H](C#Cc1ccccc1)C(F)(F)F. The van der Waals surface area contributed by atoms with Crippen molar-refractivity contribution < 1.29 is 22.7 Å². The van der Waals surface area contributed by atoms with Crippen LogP contribution in [0.3, 0.4) is 0 Å². The second-order valence-electron chi connectivity index (χ2n) is 4.94. The van der Waals surface area contributed by atoms with Gasteiger partial charge in [0.1, 0.15) is 6.10 Å². The minimum absolute atomic E-state index is 0.143. The van der Waals surface area contributed by atoms with Crippen LogP contribution in [0.4, 0.5) is 13.2 Å². The van der Waals surface area contributed by atoms with Crippen molar-refractivity contribution in [1.82, 2.24) is 0 Å². The van der Waals surface area contributed by atoms with E-state index in [4.69, 9.17) is 4.74 Å². The molecule has 120 valence electrons. The van der Waals surface area contributed by atoms with Gasteiger partial charge in [-0.3, -0.25) is 4.79 Å². The molecule has 0 aliphatic heterocycles. The number of carbonyl (C=O) groups is 1. The number of hydrogen-bond acceptors (Lipinski definition) is 2. The third-order valence-electron chi connectivity index (χ3n) is 3.03. The van der Waals surface area contributed by atoms with Crippen LogP contribution < -0.4 is 0 Å². The molecule has 0 saturated heterocycles. The van der Waals surface area contributed by atoms with E-state index >= 15 is 0 Å². The van der Waals surface area contributed by atoms with Gasteiger partial charge in [-0.1, -0.05) is 43.4 Å². The van der Waals surface area contributed by atoms with Gasteiger partial charge in [0.05, 0.1) is 0 Å². The molecule has 1 aromatic carbocycles. The van der Waals surface area contributed by atoms with E-state index in [1.54, 1.807) is 30.3 Å². The fourth-order valence-corrected chi connectivity index (χ4v) is 1.98. The Bertz CT molecular complexity index is 526. The van der Waals surface area contributed by atoms with Crippen molar-refractivity contribution in [2.24, 2.45) is 5.92 Å². The maximum atomic E-state index is 13.3. The zero-order valence-electron chi connectivity index (χ0n) is 12.6. The monoisotopic (exact) mass is 312 g/mol. The fourth-order valence-electron chi connectivity index (χ4n) is 1.98. The topological polar surface area (TPSA) is 26.3 Å². The molecule has 1 rings (SSSR count). The van der Waals surface area contributed by atoms with E-state index in [0.717, 1.165) is 6.92 Å². The van der Waals surface area contributed by atoms with E-state index in [2.05, 4.69) is 11.8 Å². The molecular weight excluding hydrogens is 293 g/mol. The Hall–Kier alpha value is -1.96. The summed E-state index contributed by atoms with van der Waals surface area (Å²) in [4.78, 5) is 11.1. The van der Waals surface area contributed by atoms with Crippen molar-refractivity contribution in [3.63, 3.8) is 0 Å². The number of halogens is 3. The molecule has 0 aliphatic carbocycles. The van der Waals surface area contributed by atoms with Crippen molar-refractivity contribution in [3.8, 4) is 11.8 Å². The molecule has 0 radical (unpaired) electrons. The Labute approximate surface area is 128 Å². The molecule has 0 N–H and O–H groups in total. The molecule has 0 fully saturated rings. The molecule has 0 unspecified atom stereocenters. The van der Waals surface area contributed by atoms with Crippen LogP contribution in [0.1, 0.15) is 38.7 Å². The third kappa shape index (κ3) is 6.21. The highest BCUT2D eigenvalue weighted by molar-refractivity contribution is 5.66. The van der Waals surface area contributed by atoms with Crippen LogP contribution in [-0.2, 0) is 9.53 Å². The summed E-state index contributed by atoms with van der Waals surface area (Å²) in [5, 5.41) is 0. The minimum atomic E-state index is -4.55. The summed E-state index contributed by atoms with van der Waals surface area (Å²) in [7, 11) is 0. The van der Waals surface area contributed by atoms with Gasteiger partial charge in [0, 0.05) is 12.5 Å². The number of rotatable bonds is 5. The second-order valence-corrected chi connectivity index (χ2v) is 4.94. The maximum Gasteiger partial charge on any atom is 0.406 e. The Morgan fingerprint density at radius 2 is 1.91 bits per heavy atom. The fraction of sp³-hybridized carbons (Fsp3) is 0.471. The number of alkyl halides is 3. The summed E-state index contributed by atoms with van der Waals surface area (Å²) in [5.41, 5.74) is 0.494. The van der Waals surface area contributed by atoms with Crippen molar-refractivity contribution in [2.75, 3.05) is 0 Å². The molecule has 2 nitrogen and oxygen atoms in total. The highest BCUT2D eigenvalue weighted by Gasteiger charge is 2.45. The molecule has 0 aliphatic rings. The average molecular weight is 312 g/mol. The zero-order chi connectivity index (χ0) is 16.6. The Balaban J connectivity index is 3.03. The van der Waals surface area contributed by atoms with E-state index in [1.807, 2.05) is 6.92 Å². The highest BCUT2D eigenvalue weighted by Crippen LogP contribution is 2.32. The molecule has 5 heteroatoms. The van der Waals surface area contributed by atoms with Crippen molar-refractivity contribution in [2.45, 2.75) is 45.4 Å². The largest absolute Gasteiger partial charge is 0.461 e. The predicted molar refractivity (Wildman–Crippen MR) is 77.9 cm³/mol. The quantitative estimate of drug-likeness (QED) is 0.597. The van der Waals surface area contributed by atoms with Crippen LogP contribution in [-0.4, -0.2) is 18.2 Å². The Morgan fingerprint density at radius 3 is 2.41 bits per heavy atom. The lowest BCUT2D eigenvalue weighted by Crippen LogP contribution is -2.36. The summed E-state index contributed by atoms with van der Waals surface area (Å²) < 4.78 is 44.6. The number of benzene rings is 1. The van der Waals surface area contributed by atoms with E-state index < -0.39 is 24.2 Å². The number of unbranched alkanes of at least 4 members (excludes halogenated alkanes) is 1. The number of esters is 1. The first-order chi connectivity index (χ1) is 10.3. The summed E-state index contributed by atoms with van der Waals surface area (Å²) >= 11 is 0. The average Bonchev–Trinajstić information content (AvgIpc) is 2.44. The molecule has 22 heavy (non-hydrogen) atoms. The molecule has 0 saturated carbocycles. The van der Waals surface area contributed by atoms with Crippen molar-refractivity contribution in [3.05, 3.63) is 35.9 Å². The van der Waals surface area contributed by atoms with Crippen molar-refractivity contribution in [1.29, 1.82) is 0 Å². The van der Waals surface area contributed by atoms with Crippen LogP contribution >= 0.6 is 0 Å². The van der Waals surface area contributed by atoms with Gasteiger partial charge in [-0.05, 0) is 25.0 Å². The normalized spacial score (nSPS) is 13.7. The minimum Gasteiger partial charge on any atom is -0.461 e. The van der Waals surface area contributed by atoms with Crippen LogP contribution in [0.15, 0.2) is 30.3 Å². The standard InChI is InChI=1S/C17H19F3O2/c1-3-4-10-16(22-13(2)21)15(17(18,19)20)12-11-14-8-6-5-7-9-14/h5-9,15-16H,3-4,10H2,1-2H3/t15-,16+/m1/s1. The number of ether oxygens (including phenoxy) is 1. The van der Waals surface area contributed by atoms with Gasteiger partial charge in [0.25, 0.3) is 0 Å². The van der Waals surface area contributed by atoms with Gasteiger partial charge in [0.2, 0.25) is 0 Å². The molecule has 2 atom stereocenters. The number of hydrogen-bond donors (Lipinski definition) is 0. The van der Waals surface area contributed by atoms with Gasteiger partial charge >= 0.3 is 12.1 Å². The zero-order valence-corrected chi connectivity index (χ0v) is 12.6. The van der Waals surface area contributed by atoms with Crippen LogP contribution in [0.5, 0.6) is 0 Å². The molecule has 0 bridgehead atoms. The highest BCUT2D eigenvalue weighted by atomic mass is 19.4. The second kappa shape index (κ2) is 8.47. The van der Waals surface area contributed by atoms with Crippen LogP contribution in [0.25, 0.3) is 0 Å². The number of carbonyl (C=O) groups excluding carboxylic acids is 1. The summed E-state index contributed by atoms with van der Waals surface area (Å²) in [6.45, 7) is 2.97. The Morgan fingerprint density at radius 1 is 1.27 bits per heavy atom.